The van der Waals surface area contributed by atoms with E-state index in [0.29, 0.717) is 11.8 Å². The van der Waals surface area contributed by atoms with Crippen LogP contribution >= 0.6 is 0 Å². The quantitative estimate of drug-likeness (QED) is 0.656. The van der Waals surface area contributed by atoms with Gasteiger partial charge in [0.05, 0.1) is 18.8 Å². The Morgan fingerprint density at radius 3 is 2.40 bits per heavy atom. The molecule has 0 radical (unpaired) electrons. The number of carbonyl (C=O) groups excluding carboxylic acids is 2. The van der Waals surface area contributed by atoms with Crippen LogP contribution in [0.2, 0.25) is 0 Å². The molecule has 1 aliphatic rings. The Balaban J connectivity index is 1.95. The smallest absolute Gasteiger partial charge is 0.356 e. The minimum atomic E-state index is -1.18. The topological polar surface area (TPSA) is 73.9 Å². The van der Waals surface area contributed by atoms with Gasteiger partial charge in [-0.2, -0.15) is 0 Å². The molecule has 0 aliphatic carbocycles. The van der Waals surface area contributed by atoms with E-state index < -0.39 is 17.3 Å². The van der Waals surface area contributed by atoms with Crippen LogP contribution in [0, 0.1) is 0 Å². The summed E-state index contributed by atoms with van der Waals surface area (Å²) in [7, 11) is 0. The minimum Gasteiger partial charge on any atom is -0.366 e. The van der Waals surface area contributed by atoms with Gasteiger partial charge in [-0.1, -0.05) is 18.2 Å². The van der Waals surface area contributed by atoms with Gasteiger partial charge in [0.15, 0.2) is 11.3 Å². The largest absolute Gasteiger partial charge is 0.366 e. The standard InChI is InChI=1S/C14H17NO5/c1-13(2)18-9-14(8-16,10-19-13)15-20-12(17)11-6-4-3-5-7-11/h3-8,15H,9-10H2,1-2H3. The molecule has 1 N–H and O–H groups in total. The molecule has 1 saturated heterocycles. The Morgan fingerprint density at radius 2 is 1.85 bits per heavy atom. The number of ether oxygens (including phenoxy) is 2. The number of carbonyl (C=O) groups is 2. The van der Waals surface area contributed by atoms with Gasteiger partial charge in [-0.15, -0.1) is 5.48 Å². The van der Waals surface area contributed by atoms with E-state index >= 15 is 0 Å². The summed E-state index contributed by atoms with van der Waals surface area (Å²) in [6.45, 7) is 3.62. The van der Waals surface area contributed by atoms with E-state index in [1.54, 1.807) is 44.2 Å². The van der Waals surface area contributed by atoms with Crippen molar-refractivity contribution < 1.29 is 23.9 Å². The third-order valence-corrected chi connectivity index (χ3v) is 2.94. The Hall–Kier alpha value is -1.76. The fourth-order valence-corrected chi connectivity index (χ4v) is 1.62. The Bertz CT molecular complexity index is 476. The van der Waals surface area contributed by atoms with Gasteiger partial charge in [0.1, 0.15) is 6.29 Å². The van der Waals surface area contributed by atoms with Crippen molar-refractivity contribution in [3.63, 3.8) is 0 Å². The number of hydroxylamine groups is 1. The molecule has 108 valence electrons. The van der Waals surface area contributed by atoms with Crippen LogP contribution in [0.3, 0.4) is 0 Å². The van der Waals surface area contributed by atoms with Crippen LogP contribution in [0.15, 0.2) is 30.3 Å². The molecule has 20 heavy (non-hydrogen) atoms. The molecule has 0 saturated carbocycles. The third-order valence-electron chi connectivity index (χ3n) is 2.94. The Kier molecular flexibility index (Phi) is 4.17. The van der Waals surface area contributed by atoms with Crippen LogP contribution in [-0.4, -0.2) is 36.8 Å². The lowest BCUT2D eigenvalue weighted by molar-refractivity contribution is -0.273. The van der Waals surface area contributed by atoms with Crippen LogP contribution < -0.4 is 5.48 Å². The molecule has 1 aromatic carbocycles. The zero-order valence-corrected chi connectivity index (χ0v) is 11.4. The molecule has 0 spiro atoms. The van der Waals surface area contributed by atoms with Gasteiger partial charge in [-0.05, 0) is 26.0 Å². The van der Waals surface area contributed by atoms with Crippen molar-refractivity contribution in [2.75, 3.05) is 13.2 Å². The summed E-state index contributed by atoms with van der Waals surface area (Å²) in [6, 6.07) is 8.48. The number of hydrogen-bond acceptors (Lipinski definition) is 6. The van der Waals surface area contributed by atoms with Crippen molar-refractivity contribution >= 4 is 12.3 Å². The number of hydrogen-bond donors (Lipinski definition) is 1. The first-order valence-electron chi connectivity index (χ1n) is 6.24. The maximum Gasteiger partial charge on any atom is 0.356 e. The Labute approximate surface area is 117 Å². The van der Waals surface area contributed by atoms with Crippen molar-refractivity contribution in [1.82, 2.24) is 5.48 Å². The fourth-order valence-electron chi connectivity index (χ4n) is 1.62. The summed E-state index contributed by atoms with van der Waals surface area (Å²) in [5, 5.41) is 0. The highest BCUT2D eigenvalue weighted by atomic mass is 16.7. The van der Waals surface area contributed by atoms with Gasteiger partial charge >= 0.3 is 5.97 Å². The minimum absolute atomic E-state index is 0.0611. The molecule has 6 heteroatoms. The lowest BCUT2D eigenvalue weighted by Gasteiger charge is -2.39. The monoisotopic (exact) mass is 279 g/mol. The zero-order chi connectivity index (χ0) is 14.6. The zero-order valence-electron chi connectivity index (χ0n) is 11.4. The second-order valence-corrected chi connectivity index (χ2v) is 5.11. The van der Waals surface area contributed by atoms with Gasteiger partial charge in [0.25, 0.3) is 0 Å². The number of aldehydes is 1. The van der Waals surface area contributed by atoms with Gasteiger partial charge in [-0.25, -0.2) is 4.79 Å². The van der Waals surface area contributed by atoms with Crippen LogP contribution in [-0.2, 0) is 19.1 Å². The average molecular weight is 279 g/mol. The molecule has 1 aromatic rings. The molecular weight excluding hydrogens is 262 g/mol. The number of benzene rings is 1. The summed E-state index contributed by atoms with van der Waals surface area (Å²) < 4.78 is 10.8. The Morgan fingerprint density at radius 1 is 1.25 bits per heavy atom. The predicted molar refractivity (Wildman–Crippen MR) is 69.8 cm³/mol. The third kappa shape index (κ3) is 3.41. The van der Waals surface area contributed by atoms with E-state index in [9.17, 15) is 9.59 Å². The molecule has 2 rings (SSSR count). The number of nitrogens with one attached hydrogen (secondary N) is 1. The van der Waals surface area contributed by atoms with E-state index in [4.69, 9.17) is 14.3 Å². The lowest BCUT2D eigenvalue weighted by Crippen LogP contribution is -2.60. The summed E-state index contributed by atoms with van der Waals surface area (Å²) >= 11 is 0. The predicted octanol–water partition coefficient (Wildman–Crippen LogP) is 1.07. The maximum absolute atomic E-state index is 11.8. The van der Waals surface area contributed by atoms with E-state index in [0.717, 1.165) is 0 Å². The first kappa shape index (κ1) is 14.6. The van der Waals surface area contributed by atoms with Crippen LogP contribution in [0.5, 0.6) is 0 Å². The van der Waals surface area contributed by atoms with Crippen molar-refractivity contribution in [1.29, 1.82) is 0 Å². The highest BCUT2D eigenvalue weighted by Gasteiger charge is 2.41. The van der Waals surface area contributed by atoms with Gasteiger partial charge in [-0.3, -0.25) is 0 Å². The molecule has 0 bridgehead atoms. The molecule has 0 amide bonds. The molecule has 0 atom stereocenters. The SMILES string of the molecule is CC1(C)OCC(C=O)(NOC(=O)c2ccccc2)CO1. The number of rotatable bonds is 4. The van der Waals surface area contributed by atoms with Crippen molar-refractivity contribution in [2.45, 2.75) is 25.2 Å². The van der Waals surface area contributed by atoms with Gasteiger partial charge in [0.2, 0.25) is 0 Å². The first-order chi connectivity index (χ1) is 9.46. The summed E-state index contributed by atoms with van der Waals surface area (Å²) in [4.78, 5) is 28.0. The molecule has 1 aliphatic heterocycles. The summed E-state index contributed by atoms with van der Waals surface area (Å²) in [6.07, 6.45) is 0.626. The van der Waals surface area contributed by atoms with E-state index in [2.05, 4.69) is 5.48 Å². The molecular formula is C14H17NO5. The van der Waals surface area contributed by atoms with Crippen molar-refractivity contribution in [3.8, 4) is 0 Å². The summed E-state index contributed by atoms with van der Waals surface area (Å²) in [5.41, 5.74) is 1.66. The molecule has 1 fully saturated rings. The van der Waals surface area contributed by atoms with Crippen LogP contribution in [0.25, 0.3) is 0 Å². The normalized spacial score (nSPS) is 20.1. The fraction of sp³-hybridized carbons (Fsp3) is 0.429. The van der Waals surface area contributed by atoms with Crippen LogP contribution in [0.4, 0.5) is 0 Å². The van der Waals surface area contributed by atoms with E-state index in [1.165, 1.54) is 0 Å². The van der Waals surface area contributed by atoms with E-state index in [1.807, 2.05) is 0 Å². The molecule has 0 aromatic heterocycles. The average Bonchev–Trinajstić information content (AvgIpc) is 2.47. The molecule has 0 unspecified atom stereocenters. The second kappa shape index (κ2) is 5.70. The highest BCUT2D eigenvalue weighted by molar-refractivity contribution is 5.89. The lowest BCUT2D eigenvalue weighted by atomic mass is 10.0. The van der Waals surface area contributed by atoms with Crippen molar-refractivity contribution in [3.05, 3.63) is 35.9 Å². The molecule has 6 nitrogen and oxygen atoms in total. The summed E-state index contributed by atoms with van der Waals surface area (Å²) in [5.74, 6) is -1.32. The first-order valence-corrected chi connectivity index (χ1v) is 6.24. The van der Waals surface area contributed by atoms with Gasteiger partial charge in [0, 0.05) is 0 Å². The highest BCUT2D eigenvalue weighted by Crippen LogP contribution is 2.22. The molecule has 1 heterocycles. The van der Waals surface area contributed by atoms with Crippen molar-refractivity contribution in [2.24, 2.45) is 0 Å². The van der Waals surface area contributed by atoms with Gasteiger partial charge < -0.3 is 19.1 Å². The second-order valence-electron chi connectivity index (χ2n) is 5.11. The van der Waals surface area contributed by atoms with E-state index in [-0.39, 0.29) is 13.2 Å². The van der Waals surface area contributed by atoms with Crippen LogP contribution in [0.1, 0.15) is 24.2 Å². The maximum atomic E-state index is 11.8.